The van der Waals surface area contributed by atoms with Crippen LogP contribution >= 0.6 is 11.3 Å². The fourth-order valence-corrected chi connectivity index (χ4v) is 2.88. The zero-order valence-corrected chi connectivity index (χ0v) is 11.6. The van der Waals surface area contributed by atoms with E-state index in [4.69, 9.17) is 9.84 Å². The van der Waals surface area contributed by atoms with Crippen molar-refractivity contribution < 1.29 is 18.3 Å². The molecule has 7 heteroatoms. The summed E-state index contributed by atoms with van der Waals surface area (Å²) in [5.41, 5.74) is 0.778. The molecule has 2 N–H and O–H groups in total. The normalized spacial score (nSPS) is 11.0. The average molecular weight is 289 g/mol. The van der Waals surface area contributed by atoms with Crippen LogP contribution in [0.4, 0.5) is 0 Å². The monoisotopic (exact) mass is 289 g/mol. The Morgan fingerprint density at radius 3 is 3.00 bits per heavy atom. The number of methoxy groups -OCH3 is 1. The third kappa shape index (κ3) is 5.62. The molecule has 0 aliphatic rings. The molecule has 5 nitrogen and oxygen atoms in total. The number of hydrogen-bond donors (Lipinski definition) is 2. The molecule has 100 valence electrons. The summed E-state index contributed by atoms with van der Waals surface area (Å²) in [5, 5.41) is 10.4. The molecule has 0 spiro atoms. The van der Waals surface area contributed by atoms with Gasteiger partial charge in [-0.1, -0.05) is 11.8 Å². The van der Waals surface area contributed by atoms with E-state index in [0.717, 1.165) is 10.4 Å². The SMILES string of the molecule is COCCS(=O)(=O)NCc1cc(C#CCO)cs1. The molecule has 0 radical (unpaired) electrons. The maximum absolute atomic E-state index is 11.5. The molecule has 0 amide bonds. The summed E-state index contributed by atoms with van der Waals surface area (Å²) in [6.07, 6.45) is 0. The topological polar surface area (TPSA) is 75.6 Å². The van der Waals surface area contributed by atoms with Crippen molar-refractivity contribution in [2.24, 2.45) is 0 Å². The van der Waals surface area contributed by atoms with E-state index in [0.29, 0.717) is 0 Å². The van der Waals surface area contributed by atoms with E-state index in [-0.39, 0.29) is 25.5 Å². The van der Waals surface area contributed by atoms with Crippen molar-refractivity contribution in [3.63, 3.8) is 0 Å². The Hall–Kier alpha value is -0.910. The van der Waals surface area contributed by atoms with Gasteiger partial charge in [-0.15, -0.1) is 11.3 Å². The molecule has 0 aliphatic carbocycles. The first-order chi connectivity index (χ1) is 8.57. The van der Waals surface area contributed by atoms with Crippen molar-refractivity contribution in [3.05, 3.63) is 21.9 Å². The van der Waals surface area contributed by atoms with Crippen LogP contribution in [0.25, 0.3) is 0 Å². The summed E-state index contributed by atoms with van der Waals surface area (Å²) in [5.74, 6) is 5.24. The van der Waals surface area contributed by atoms with E-state index < -0.39 is 10.0 Å². The molecule has 0 aliphatic heterocycles. The highest BCUT2D eigenvalue weighted by molar-refractivity contribution is 7.89. The second-order valence-corrected chi connectivity index (χ2v) is 6.32. The maximum Gasteiger partial charge on any atom is 0.214 e. The highest BCUT2D eigenvalue weighted by Gasteiger charge is 2.09. The zero-order chi connectivity index (χ0) is 13.4. The number of nitrogens with one attached hydrogen (secondary N) is 1. The zero-order valence-electron chi connectivity index (χ0n) is 9.97. The lowest BCUT2D eigenvalue weighted by Gasteiger charge is -2.04. The van der Waals surface area contributed by atoms with Crippen LogP contribution in [0.3, 0.4) is 0 Å². The Labute approximate surface area is 111 Å². The van der Waals surface area contributed by atoms with Crippen molar-refractivity contribution in [1.29, 1.82) is 0 Å². The number of sulfonamides is 1. The number of ether oxygens (including phenoxy) is 1. The Balaban J connectivity index is 2.51. The van der Waals surface area contributed by atoms with E-state index >= 15 is 0 Å². The molecule has 0 fully saturated rings. The standard InChI is InChI=1S/C11H15NO4S2/c1-16-5-6-18(14,15)12-8-11-7-10(9-17-11)3-2-4-13/h7,9,12-13H,4-6,8H2,1H3. The summed E-state index contributed by atoms with van der Waals surface area (Å²) in [7, 11) is -1.83. The molecule has 0 unspecified atom stereocenters. The minimum atomic E-state index is -3.29. The molecule has 0 aromatic carbocycles. The van der Waals surface area contributed by atoms with Crippen LogP contribution in [0.5, 0.6) is 0 Å². The molecule has 1 aromatic rings. The molecule has 0 atom stereocenters. The first-order valence-electron chi connectivity index (χ1n) is 5.21. The van der Waals surface area contributed by atoms with Crippen LogP contribution in [-0.2, 0) is 21.3 Å². The van der Waals surface area contributed by atoms with Crippen molar-refractivity contribution in [2.45, 2.75) is 6.54 Å². The summed E-state index contributed by atoms with van der Waals surface area (Å²) in [6.45, 7) is 0.235. The highest BCUT2D eigenvalue weighted by atomic mass is 32.2. The molecule has 18 heavy (non-hydrogen) atoms. The summed E-state index contributed by atoms with van der Waals surface area (Å²) in [6, 6.07) is 1.80. The van der Waals surface area contributed by atoms with Crippen LogP contribution in [-0.4, -0.2) is 39.6 Å². The molecule has 0 saturated heterocycles. The van der Waals surface area contributed by atoms with E-state index in [1.165, 1.54) is 18.4 Å². The van der Waals surface area contributed by atoms with Gasteiger partial charge in [0.25, 0.3) is 0 Å². The van der Waals surface area contributed by atoms with E-state index in [9.17, 15) is 8.42 Å². The third-order valence-corrected chi connectivity index (χ3v) is 4.21. The van der Waals surface area contributed by atoms with E-state index in [1.54, 1.807) is 6.07 Å². The second-order valence-electron chi connectivity index (χ2n) is 3.39. The molecule has 1 aromatic heterocycles. The lowest BCUT2D eigenvalue weighted by Crippen LogP contribution is -2.27. The number of aliphatic hydroxyl groups excluding tert-OH is 1. The van der Waals surface area contributed by atoms with Gasteiger partial charge in [0, 0.05) is 29.5 Å². The van der Waals surface area contributed by atoms with Crippen LogP contribution in [0.15, 0.2) is 11.4 Å². The third-order valence-electron chi connectivity index (χ3n) is 1.99. The quantitative estimate of drug-likeness (QED) is 0.731. The first-order valence-corrected chi connectivity index (χ1v) is 7.74. The van der Waals surface area contributed by atoms with E-state index in [1.807, 2.05) is 5.38 Å². The molecule has 0 saturated carbocycles. The molecular formula is C11H15NO4S2. The van der Waals surface area contributed by atoms with Gasteiger partial charge in [-0.25, -0.2) is 13.1 Å². The molecule has 1 rings (SSSR count). The summed E-state index contributed by atoms with van der Waals surface area (Å²) < 4.78 is 30.2. The Bertz CT molecular complexity index is 525. The fourth-order valence-electron chi connectivity index (χ4n) is 1.13. The number of hydrogen-bond acceptors (Lipinski definition) is 5. The van der Waals surface area contributed by atoms with Gasteiger partial charge in [0.2, 0.25) is 10.0 Å². The number of aliphatic hydroxyl groups is 1. The Morgan fingerprint density at radius 1 is 1.56 bits per heavy atom. The van der Waals surface area contributed by atoms with Crippen molar-refractivity contribution >= 4 is 21.4 Å². The summed E-state index contributed by atoms with van der Waals surface area (Å²) in [4.78, 5) is 0.873. The molecule has 0 bridgehead atoms. The minimum Gasteiger partial charge on any atom is -0.384 e. The van der Waals surface area contributed by atoms with Crippen LogP contribution in [0, 0.1) is 11.8 Å². The van der Waals surface area contributed by atoms with Gasteiger partial charge in [0.05, 0.1) is 12.4 Å². The van der Waals surface area contributed by atoms with Crippen molar-refractivity contribution in [2.75, 3.05) is 26.1 Å². The van der Waals surface area contributed by atoms with Crippen LogP contribution in [0.1, 0.15) is 10.4 Å². The second kappa shape index (κ2) is 7.51. The Kier molecular flexibility index (Phi) is 6.32. The largest absolute Gasteiger partial charge is 0.384 e. The molecular weight excluding hydrogens is 274 g/mol. The Morgan fingerprint density at radius 2 is 2.33 bits per heavy atom. The first kappa shape index (κ1) is 15.1. The number of rotatable bonds is 6. The van der Waals surface area contributed by atoms with Crippen LogP contribution < -0.4 is 4.72 Å². The summed E-state index contributed by atoms with van der Waals surface area (Å²) >= 11 is 1.42. The van der Waals surface area contributed by atoms with Gasteiger partial charge < -0.3 is 9.84 Å². The predicted octanol–water partition coefficient (Wildman–Crippen LogP) is 0.158. The van der Waals surface area contributed by atoms with E-state index in [2.05, 4.69) is 16.6 Å². The average Bonchev–Trinajstić information content (AvgIpc) is 2.80. The van der Waals surface area contributed by atoms with Gasteiger partial charge >= 0.3 is 0 Å². The fraction of sp³-hybridized carbons (Fsp3) is 0.455. The van der Waals surface area contributed by atoms with Crippen molar-refractivity contribution in [3.8, 4) is 11.8 Å². The number of thiophene rings is 1. The highest BCUT2D eigenvalue weighted by Crippen LogP contribution is 2.13. The van der Waals surface area contributed by atoms with Gasteiger partial charge in [-0.3, -0.25) is 0 Å². The minimum absolute atomic E-state index is 0.0496. The van der Waals surface area contributed by atoms with Gasteiger partial charge in [-0.2, -0.15) is 0 Å². The lowest BCUT2D eigenvalue weighted by molar-refractivity contribution is 0.217. The van der Waals surface area contributed by atoms with Gasteiger partial charge in [-0.05, 0) is 6.07 Å². The molecule has 1 heterocycles. The van der Waals surface area contributed by atoms with Gasteiger partial charge in [0.15, 0.2) is 0 Å². The van der Waals surface area contributed by atoms with Gasteiger partial charge in [0.1, 0.15) is 6.61 Å². The van der Waals surface area contributed by atoms with Crippen molar-refractivity contribution in [1.82, 2.24) is 4.72 Å². The lowest BCUT2D eigenvalue weighted by atomic mass is 10.3. The predicted molar refractivity (Wildman–Crippen MR) is 70.8 cm³/mol. The maximum atomic E-state index is 11.5. The van der Waals surface area contributed by atoms with Crippen LogP contribution in [0.2, 0.25) is 0 Å². The smallest absolute Gasteiger partial charge is 0.214 e.